The minimum atomic E-state index is -0.463. The Kier molecular flexibility index (Phi) is 3.46. The van der Waals surface area contributed by atoms with Crippen molar-refractivity contribution in [3.05, 3.63) is 57.3 Å². The molecule has 3 aromatic rings. The average molecular weight is 318 g/mol. The Morgan fingerprint density at radius 3 is 2.82 bits per heavy atom. The normalized spacial score (nSPS) is 10.9. The number of halogens is 1. The topological polar surface area (TPSA) is 77.1 Å². The summed E-state index contributed by atoms with van der Waals surface area (Å²) in [4.78, 5) is 28.8. The van der Waals surface area contributed by atoms with Crippen LogP contribution in [0.25, 0.3) is 11.1 Å². The summed E-state index contributed by atoms with van der Waals surface area (Å²) in [6, 6.07) is 6.85. The van der Waals surface area contributed by atoms with Crippen LogP contribution in [0, 0.1) is 6.92 Å². The molecule has 1 N–H and O–H groups in total. The lowest BCUT2D eigenvalue weighted by molar-refractivity contribution is 0.102. The quantitative estimate of drug-likeness (QED) is 0.788. The number of carbonyl (C=O) groups is 1. The number of aryl methyl sites for hydroxylation is 2. The molecule has 0 aliphatic carbocycles. The molecule has 0 aliphatic rings. The van der Waals surface area contributed by atoms with Gasteiger partial charge in [-0.2, -0.15) is 0 Å². The molecule has 6 nitrogen and oxygen atoms in total. The Morgan fingerprint density at radius 2 is 2.09 bits per heavy atom. The van der Waals surface area contributed by atoms with E-state index in [2.05, 4.69) is 10.3 Å². The average Bonchev–Trinajstić information content (AvgIpc) is 2.82. The number of nitrogens with one attached hydrogen (secondary N) is 1. The molecule has 112 valence electrons. The standard InChI is InChI=1S/C15H12ClN3O3/c1-8-11(12-14(22-8)17-7-19(2)15(12)21)13(20)18-10-6-4-3-5-9(10)16/h3-7H,1-2H3,(H,18,20). The maximum absolute atomic E-state index is 12.5. The molecule has 1 amide bonds. The number of hydrogen-bond donors (Lipinski definition) is 1. The summed E-state index contributed by atoms with van der Waals surface area (Å²) in [5, 5.41) is 3.25. The number of fused-ring (bicyclic) bond motifs is 1. The zero-order valence-corrected chi connectivity index (χ0v) is 12.6. The van der Waals surface area contributed by atoms with Crippen LogP contribution in [0.1, 0.15) is 16.1 Å². The Morgan fingerprint density at radius 1 is 1.36 bits per heavy atom. The molecule has 1 aromatic carbocycles. The van der Waals surface area contributed by atoms with E-state index in [1.165, 1.54) is 10.9 Å². The van der Waals surface area contributed by atoms with E-state index in [4.69, 9.17) is 16.0 Å². The van der Waals surface area contributed by atoms with E-state index in [0.717, 1.165) is 0 Å². The number of carbonyl (C=O) groups excluding carboxylic acids is 1. The van der Waals surface area contributed by atoms with Crippen LogP contribution in [-0.4, -0.2) is 15.5 Å². The van der Waals surface area contributed by atoms with Gasteiger partial charge in [0.05, 0.1) is 16.3 Å². The van der Waals surface area contributed by atoms with Crippen LogP contribution in [0.2, 0.25) is 5.02 Å². The van der Waals surface area contributed by atoms with E-state index in [-0.39, 0.29) is 22.2 Å². The first-order chi connectivity index (χ1) is 10.5. The molecular weight excluding hydrogens is 306 g/mol. The van der Waals surface area contributed by atoms with Gasteiger partial charge in [-0.25, -0.2) is 4.98 Å². The third kappa shape index (κ3) is 2.27. The molecule has 7 heteroatoms. The maximum Gasteiger partial charge on any atom is 0.265 e. The number of nitrogens with zero attached hydrogens (tertiary/aromatic N) is 2. The highest BCUT2D eigenvalue weighted by Gasteiger charge is 2.22. The van der Waals surface area contributed by atoms with Gasteiger partial charge in [-0.05, 0) is 19.1 Å². The van der Waals surface area contributed by atoms with Crippen molar-refractivity contribution in [1.82, 2.24) is 9.55 Å². The molecule has 3 rings (SSSR count). The molecule has 0 atom stereocenters. The molecule has 0 saturated heterocycles. The number of hydrogen-bond acceptors (Lipinski definition) is 4. The van der Waals surface area contributed by atoms with Gasteiger partial charge in [0, 0.05) is 7.05 Å². The molecule has 0 unspecified atom stereocenters. The number of anilines is 1. The minimum Gasteiger partial charge on any atom is -0.442 e. The van der Waals surface area contributed by atoms with Crippen LogP contribution >= 0.6 is 11.6 Å². The van der Waals surface area contributed by atoms with Crippen LogP contribution in [0.5, 0.6) is 0 Å². The van der Waals surface area contributed by atoms with Crippen LogP contribution < -0.4 is 10.9 Å². The highest BCUT2D eigenvalue weighted by atomic mass is 35.5. The zero-order chi connectivity index (χ0) is 15.9. The van der Waals surface area contributed by atoms with E-state index in [1.54, 1.807) is 38.2 Å². The van der Waals surface area contributed by atoms with Gasteiger partial charge in [-0.1, -0.05) is 23.7 Å². The fourth-order valence-electron chi connectivity index (χ4n) is 2.21. The Bertz CT molecular complexity index is 943. The molecule has 2 aromatic heterocycles. The summed E-state index contributed by atoms with van der Waals surface area (Å²) < 4.78 is 6.70. The lowest BCUT2D eigenvalue weighted by atomic mass is 10.1. The molecule has 2 heterocycles. The van der Waals surface area contributed by atoms with Crippen molar-refractivity contribution >= 4 is 34.3 Å². The van der Waals surface area contributed by atoms with Gasteiger partial charge in [0.15, 0.2) is 0 Å². The highest BCUT2D eigenvalue weighted by Crippen LogP contribution is 2.25. The predicted molar refractivity (Wildman–Crippen MR) is 83.4 cm³/mol. The zero-order valence-electron chi connectivity index (χ0n) is 11.9. The Balaban J connectivity index is 2.12. The van der Waals surface area contributed by atoms with E-state index < -0.39 is 5.91 Å². The first-order valence-electron chi connectivity index (χ1n) is 6.49. The van der Waals surface area contributed by atoms with Gasteiger partial charge in [-0.15, -0.1) is 0 Å². The number of furan rings is 1. The molecule has 0 bridgehead atoms. The fourth-order valence-corrected chi connectivity index (χ4v) is 2.39. The SMILES string of the molecule is Cc1oc2ncn(C)c(=O)c2c1C(=O)Nc1ccccc1Cl. The van der Waals surface area contributed by atoms with Crippen molar-refractivity contribution in [3.8, 4) is 0 Å². The third-order valence-electron chi connectivity index (χ3n) is 3.30. The van der Waals surface area contributed by atoms with Gasteiger partial charge in [0.2, 0.25) is 5.71 Å². The number of amides is 1. The minimum absolute atomic E-state index is 0.143. The molecule has 0 fully saturated rings. The smallest absolute Gasteiger partial charge is 0.265 e. The van der Waals surface area contributed by atoms with Crippen LogP contribution in [0.3, 0.4) is 0 Å². The van der Waals surface area contributed by atoms with E-state index in [1.807, 2.05) is 0 Å². The predicted octanol–water partition coefficient (Wildman–Crippen LogP) is 2.74. The van der Waals surface area contributed by atoms with E-state index in [0.29, 0.717) is 16.5 Å². The van der Waals surface area contributed by atoms with Crippen molar-refractivity contribution in [2.75, 3.05) is 5.32 Å². The van der Waals surface area contributed by atoms with E-state index in [9.17, 15) is 9.59 Å². The van der Waals surface area contributed by atoms with Gasteiger partial charge in [-0.3, -0.25) is 9.59 Å². The summed E-state index contributed by atoms with van der Waals surface area (Å²) in [5.41, 5.74) is 0.434. The maximum atomic E-state index is 12.5. The molecule has 22 heavy (non-hydrogen) atoms. The Hall–Kier alpha value is -2.60. The number of aromatic nitrogens is 2. The van der Waals surface area contributed by atoms with Crippen molar-refractivity contribution in [1.29, 1.82) is 0 Å². The molecule has 0 radical (unpaired) electrons. The van der Waals surface area contributed by atoms with Crippen LogP contribution in [0.15, 0.2) is 39.8 Å². The van der Waals surface area contributed by atoms with Crippen molar-refractivity contribution < 1.29 is 9.21 Å². The van der Waals surface area contributed by atoms with Crippen LogP contribution in [0.4, 0.5) is 5.69 Å². The summed E-state index contributed by atoms with van der Waals surface area (Å²) in [6.07, 6.45) is 1.35. The summed E-state index contributed by atoms with van der Waals surface area (Å²) in [5.74, 6) is -0.134. The third-order valence-corrected chi connectivity index (χ3v) is 3.63. The second-order valence-corrected chi connectivity index (χ2v) is 5.22. The second-order valence-electron chi connectivity index (χ2n) is 4.81. The van der Waals surface area contributed by atoms with Gasteiger partial charge in [0.1, 0.15) is 17.5 Å². The largest absolute Gasteiger partial charge is 0.442 e. The van der Waals surface area contributed by atoms with Crippen molar-refractivity contribution in [3.63, 3.8) is 0 Å². The highest BCUT2D eigenvalue weighted by molar-refractivity contribution is 6.34. The lowest BCUT2D eigenvalue weighted by Gasteiger charge is -2.06. The first kappa shape index (κ1) is 14.3. The number of rotatable bonds is 2. The fraction of sp³-hybridized carbons (Fsp3) is 0.133. The number of para-hydroxylation sites is 1. The number of benzene rings is 1. The monoisotopic (exact) mass is 317 g/mol. The van der Waals surface area contributed by atoms with Crippen molar-refractivity contribution in [2.45, 2.75) is 6.92 Å². The molecule has 0 saturated carbocycles. The summed E-state index contributed by atoms with van der Waals surface area (Å²) in [6.45, 7) is 1.61. The first-order valence-corrected chi connectivity index (χ1v) is 6.87. The summed E-state index contributed by atoms with van der Waals surface area (Å²) in [7, 11) is 1.56. The van der Waals surface area contributed by atoms with Crippen molar-refractivity contribution in [2.24, 2.45) is 7.05 Å². The second kappa shape index (κ2) is 5.31. The lowest BCUT2D eigenvalue weighted by Crippen LogP contribution is -2.20. The van der Waals surface area contributed by atoms with E-state index >= 15 is 0 Å². The molecule has 0 aliphatic heterocycles. The molecular formula is C15H12ClN3O3. The van der Waals surface area contributed by atoms with Gasteiger partial charge >= 0.3 is 0 Å². The molecule has 0 spiro atoms. The van der Waals surface area contributed by atoms with Crippen LogP contribution in [-0.2, 0) is 7.05 Å². The Labute approximate surface area is 130 Å². The summed E-state index contributed by atoms with van der Waals surface area (Å²) >= 11 is 6.03. The van der Waals surface area contributed by atoms with Gasteiger partial charge < -0.3 is 14.3 Å². The van der Waals surface area contributed by atoms with Gasteiger partial charge in [0.25, 0.3) is 11.5 Å².